The maximum Gasteiger partial charge on any atom is 0.233 e. The van der Waals surface area contributed by atoms with Crippen molar-refractivity contribution in [2.75, 3.05) is 31.1 Å². The molecule has 1 fully saturated rings. The number of anilines is 1. The van der Waals surface area contributed by atoms with Gasteiger partial charge in [-0.3, -0.25) is 9.59 Å². The van der Waals surface area contributed by atoms with Gasteiger partial charge >= 0.3 is 0 Å². The van der Waals surface area contributed by atoms with Crippen LogP contribution < -0.4 is 11.1 Å². The van der Waals surface area contributed by atoms with Gasteiger partial charge in [0.1, 0.15) is 0 Å². The topological polar surface area (TPSA) is 101 Å². The van der Waals surface area contributed by atoms with E-state index < -0.39 is 0 Å². The number of nitrogens with one attached hydrogen (secondary N) is 1. The highest BCUT2D eigenvalue weighted by molar-refractivity contribution is 8.01. The molecule has 0 bridgehead atoms. The number of rotatable bonds is 5. The molecule has 1 saturated heterocycles. The summed E-state index contributed by atoms with van der Waals surface area (Å²) in [5, 5.41) is 10.7. The van der Waals surface area contributed by atoms with Crippen LogP contribution in [-0.4, -0.2) is 52.3 Å². The second-order valence-corrected chi connectivity index (χ2v) is 6.65. The molecule has 1 aromatic heterocycles. The number of thioether (sulfide) groups is 1. The van der Waals surface area contributed by atoms with E-state index in [-0.39, 0.29) is 17.7 Å². The van der Waals surface area contributed by atoms with E-state index in [4.69, 9.17) is 5.73 Å². The van der Waals surface area contributed by atoms with Crippen LogP contribution in [0, 0.1) is 5.92 Å². The Morgan fingerprint density at radius 3 is 3.00 bits per heavy atom. The first-order valence-electron chi connectivity index (χ1n) is 6.37. The maximum absolute atomic E-state index is 12.1. The highest BCUT2D eigenvalue weighted by atomic mass is 32.2. The minimum absolute atomic E-state index is 0.0237. The molecule has 0 radical (unpaired) electrons. The Bertz CT molecular complexity index is 493. The summed E-state index contributed by atoms with van der Waals surface area (Å²) in [6, 6.07) is 0. The Labute approximate surface area is 125 Å². The number of likely N-dealkylation sites (tertiary alicyclic amines) is 1. The molecular weight excluding hydrogens is 298 g/mol. The molecule has 2 amide bonds. The number of nitrogens with zero attached hydrogens (tertiary/aromatic N) is 3. The standard InChI is InChI=1S/C11H17N5O2S2/c1-2-13-9(18)7-3-4-16(5-7)8(17)6-19-11-15-14-10(12)20-11/h7H,2-6H2,1H3,(H2,12,14)(H,13,18). The van der Waals surface area contributed by atoms with Crippen LogP contribution in [0.1, 0.15) is 13.3 Å². The highest BCUT2D eigenvalue weighted by Crippen LogP contribution is 2.25. The molecule has 2 rings (SSSR count). The van der Waals surface area contributed by atoms with Gasteiger partial charge in [0, 0.05) is 19.6 Å². The first kappa shape index (κ1) is 15.0. The molecule has 1 unspecified atom stereocenters. The number of carbonyl (C=O) groups excluding carboxylic acids is 2. The Morgan fingerprint density at radius 1 is 1.55 bits per heavy atom. The smallest absolute Gasteiger partial charge is 0.233 e. The minimum Gasteiger partial charge on any atom is -0.374 e. The van der Waals surface area contributed by atoms with Gasteiger partial charge in [-0.2, -0.15) is 0 Å². The summed E-state index contributed by atoms with van der Waals surface area (Å²) in [4.78, 5) is 25.5. The third kappa shape index (κ3) is 3.83. The van der Waals surface area contributed by atoms with Crippen molar-refractivity contribution in [3.8, 4) is 0 Å². The van der Waals surface area contributed by atoms with Crippen LogP contribution in [0.2, 0.25) is 0 Å². The average Bonchev–Trinajstić information content (AvgIpc) is 3.05. The second kappa shape index (κ2) is 6.89. The van der Waals surface area contributed by atoms with E-state index in [2.05, 4.69) is 15.5 Å². The summed E-state index contributed by atoms with van der Waals surface area (Å²) in [7, 11) is 0. The van der Waals surface area contributed by atoms with Gasteiger partial charge in [-0.15, -0.1) is 10.2 Å². The average molecular weight is 315 g/mol. The predicted octanol–water partition coefficient (Wildman–Crippen LogP) is 0.197. The molecule has 3 N–H and O–H groups in total. The van der Waals surface area contributed by atoms with Gasteiger partial charge < -0.3 is 16.0 Å². The first-order valence-corrected chi connectivity index (χ1v) is 8.17. The van der Waals surface area contributed by atoms with Crippen molar-refractivity contribution in [1.82, 2.24) is 20.4 Å². The van der Waals surface area contributed by atoms with Gasteiger partial charge in [-0.25, -0.2) is 0 Å². The quantitative estimate of drug-likeness (QED) is 0.753. The molecule has 0 spiro atoms. The van der Waals surface area contributed by atoms with Crippen molar-refractivity contribution in [1.29, 1.82) is 0 Å². The van der Waals surface area contributed by atoms with E-state index >= 15 is 0 Å². The fraction of sp³-hybridized carbons (Fsp3) is 0.636. The summed E-state index contributed by atoms with van der Waals surface area (Å²) in [6.45, 7) is 3.65. The fourth-order valence-corrected chi connectivity index (χ4v) is 3.55. The van der Waals surface area contributed by atoms with Crippen LogP contribution in [0.15, 0.2) is 4.34 Å². The molecular formula is C11H17N5O2S2. The van der Waals surface area contributed by atoms with Crippen LogP contribution in [-0.2, 0) is 9.59 Å². The molecule has 7 nitrogen and oxygen atoms in total. The largest absolute Gasteiger partial charge is 0.374 e. The van der Waals surface area contributed by atoms with E-state index in [0.29, 0.717) is 34.9 Å². The minimum atomic E-state index is -0.0823. The van der Waals surface area contributed by atoms with Gasteiger partial charge in [0.05, 0.1) is 11.7 Å². The predicted molar refractivity (Wildman–Crippen MR) is 78.4 cm³/mol. The van der Waals surface area contributed by atoms with Gasteiger partial charge in [0.2, 0.25) is 16.9 Å². The van der Waals surface area contributed by atoms with E-state index in [1.165, 1.54) is 23.1 Å². The Balaban J connectivity index is 1.78. The van der Waals surface area contributed by atoms with Gasteiger partial charge in [-0.1, -0.05) is 23.1 Å². The third-order valence-corrected chi connectivity index (χ3v) is 4.87. The summed E-state index contributed by atoms with van der Waals surface area (Å²) >= 11 is 2.60. The van der Waals surface area contributed by atoms with Gasteiger partial charge in [-0.05, 0) is 13.3 Å². The third-order valence-electron chi connectivity index (χ3n) is 3.00. The highest BCUT2D eigenvalue weighted by Gasteiger charge is 2.30. The zero-order valence-electron chi connectivity index (χ0n) is 11.2. The normalized spacial score (nSPS) is 18.2. The molecule has 0 aromatic carbocycles. The van der Waals surface area contributed by atoms with Gasteiger partial charge in [0.25, 0.3) is 0 Å². The molecule has 9 heteroatoms. The van der Waals surface area contributed by atoms with Crippen molar-refractivity contribution in [3.63, 3.8) is 0 Å². The molecule has 2 heterocycles. The van der Waals surface area contributed by atoms with Crippen molar-refractivity contribution in [2.24, 2.45) is 5.92 Å². The lowest BCUT2D eigenvalue weighted by molar-refractivity contribution is -0.128. The molecule has 1 aliphatic rings. The van der Waals surface area contributed by atoms with Crippen LogP contribution >= 0.6 is 23.1 Å². The summed E-state index contributed by atoms with van der Waals surface area (Å²) in [6.07, 6.45) is 0.730. The van der Waals surface area contributed by atoms with E-state index in [1.807, 2.05) is 6.92 Å². The van der Waals surface area contributed by atoms with Crippen molar-refractivity contribution >= 4 is 40.0 Å². The molecule has 0 aliphatic carbocycles. The molecule has 110 valence electrons. The lowest BCUT2D eigenvalue weighted by atomic mass is 10.1. The van der Waals surface area contributed by atoms with E-state index in [1.54, 1.807) is 4.90 Å². The summed E-state index contributed by atoms with van der Waals surface area (Å²) in [5.74, 6) is 0.278. The molecule has 0 saturated carbocycles. The number of nitrogens with two attached hydrogens (primary N) is 1. The molecule has 20 heavy (non-hydrogen) atoms. The van der Waals surface area contributed by atoms with Crippen LogP contribution in [0.4, 0.5) is 5.13 Å². The zero-order valence-corrected chi connectivity index (χ0v) is 12.8. The van der Waals surface area contributed by atoms with Crippen molar-refractivity contribution < 1.29 is 9.59 Å². The fourth-order valence-electron chi connectivity index (χ4n) is 2.01. The number of aromatic nitrogens is 2. The van der Waals surface area contributed by atoms with E-state index in [9.17, 15) is 9.59 Å². The lowest BCUT2D eigenvalue weighted by Crippen LogP contribution is -2.35. The number of hydrogen-bond acceptors (Lipinski definition) is 7. The van der Waals surface area contributed by atoms with Crippen LogP contribution in [0.25, 0.3) is 0 Å². The Hall–Kier alpha value is -1.35. The molecule has 1 aromatic rings. The first-order chi connectivity index (χ1) is 9.60. The van der Waals surface area contributed by atoms with Gasteiger partial charge in [0.15, 0.2) is 4.34 Å². The number of nitrogen functional groups attached to an aromatic ring is 1. The SMILES string of the molecule is CCNC(=O)C1CCN(C(=O)CSc2nnc(N)s2)C1. The van der Waals surface area contributed by atoms with Crippen molar-refractivity contribution in [3.05, 3.63) is 0 Å². The molecule has 1 aliphatic heterocycles. The van der Waals surface area contributed by atoms with Crippen LogP contribution in [0.3, 0.4) is 0 Å². The summed E-state index contributed by atoms with van der Waals surface area (Å²) < 4.78 is 0.690. The number of amides is 2. The van der Waals surface area contributed by atoms with Crippen molar-refractivity contribution in [2.45, 2.75) is 17.7 Å². The summed E-state index contributed by atoms with van der Waals surface area (Å²) in [5.41, 5.74) is 5.48. The second-order valence-electron chi connectivity index (χ2n) is 4.41. The maximum atomic E-state index is 12.1. The monoisotopic (exact) mass is 315 g/mol. The molecule has 1 atom stereocenters. The number of carbonyl (C=O) groups is 2. The number of hydrogen-bond donors (Lipinski definition) is 2. The van der Waals surface area contributed by atoms with Crippen LogP contribution in [0.5, 0.6) is 0 Å². The lowest BCUT2D eigenvalue weighted by Gasteiger charge is -2.15. The Kier molecular flexibility index (Phi) is 5.18. The zero-order chi connectivity index (χ0) is 14.5. The Morgan fingerprint density at radius 2 is 2.35 bits per heavy atom. The van der Waals surface area contributed by atoms with E-state index in [0.717, 1.165) is 6.42 Å².